The molecule has 18 heavy (non-hydrogen) atoms. The van der Waals surface area contributed by atoms with Gasteiger partial charge in [-0.15, -0.1) is 0 Å². The van der Waals surface area contributed by atoms with E-state index in [4.69, 9.17) is 4.74 Å². The maximum atomic E-state index is 12.2. The fourth-order valence-corrected chi connectivity index (χ4v) is 1.75. The standard InChI is InChI=1S/C14H25NO3/c1-12(2,3)9-10(16)14(7-8-14)15-11(17)18-13(4,5)6/h7-9H2,1-6H3,(H,15,17). The summed E-state index contributed by atoms with van der Waals surface area (Å²) in [7, 11) is 0. The zero-order chi connectivity index (χ0) is 14.2. The third-order valence-corrected chi connectivity index (χ3v) is 2.71. The van der Waals surface area contributed by atoms with Crippen molar-refractivity contribution in [3.05, 3.63) is 0 Å². The van der Waals surface area contributed by atoms with Crippen LogP contribution in [0.25, 0.3) is 0 Å². The number of carbonyl (C=O) groups excluding carboxylic acids is 2. The molecular weight excluding hydrogens is 230 g/mol. The van der Waals surface area contributed by atoms with E-state index in [-0.39, 0.29) is 11.2 Å². The summed E-state index contributed by atoms with van der Waals surface area (Å²) in [6.07, 6.45) is 1.42. The van der Waals surface area contributed by atoms with Gasteiger partial charge in [0.1, 0.15) is 11.1 Å². The number of nitrogens with one attached hydrogen (secondary N) is 1. The van der Waals surface area contributed by atoms with Crippen LogP contribution in [0.15, 0.2) is 0 Å². The highest BCUT2D eigenvalue weighted by atomic mass is 16.6. The van der Waals surface area contributed by atoms with Gasteiger partial charge in [-0.2, -0.15) is 0 Å². The number of rotatable bonds is 3. The van der Waals surface area contributed by atoms with E-state index in [2.05, 4.69) is 5.32 Å². The van der Waals surface area contributed by atoms with Gasteiger partial charge >= 0.3 is 6.09 Å². The Morgan fingerprint density at radius 1 is 1.11 bits per heavy atom. The second kappa shape index (κ2) is 4.56. The second-order valence-electron chi connectivity index (χ2n) is 7.37. The molecular formula is C14H25NO3. The molecule has 1 N–H and O–H groups in total. The summed E-state index contributed by atoms with van der Waals surface area (Å²) in [5.41, 5.74) is -1.24. The number of ketones is 1. The van der Waals surface area contributed by atoms with E-state index in [9.17, 15) is 9.59 Å². The predicted molar refractivity (Wildman–Crippen MR) is 70.4 cm³/mol. The van der Waals surface area contributed by atoms with Crippen molar-refractivity contribution in [2.45, 2.75) is 71.9 Å². The molecule has 104 valence electrons. The highest BCUT2D eigenvalue weighted by molar-refractivity contribution is 5.94. The van der Waals surface area contributed by atoms with Crippen LogP contribution < -0.4 is 5.32 Å². The molecule has 1 rings (SSSR count). The average molecular weight is 255 g/mol. The average Bonchev–Trinajstić information content (AvgIpc) is 2.77. The summed E-state index contributed by atoms with van der Waals surface area (Å²) in [6.45, 7) is 11.5. The summed E-state index contributed by atoms with van der Waals surface area (Å²) in [6, 6.07) is 0. The van der Waals surface area contributed by atoms with Crippen LogP contribution in [0.1, 0.15) is 60.8 Å². The Hall–Kier alpha value is -1.06. The first kappa shape index (κ1) is 15.0. The molecule has 0 radical (unpaired) electrons. The Bertz CT molecular complexity index is 343. The Morgan fingerprint density at radius 2 is 1.61 bits per heavy atom. The van der Waals surface area contributed by atoms with Crippen molar-refractivity contribution < 1.29 is 14.3 Å². The van der Waals surface area contributed by atoms with Gasteiger partial charge in [-0.25, -0.2) is 4.79 Å². The van der Waals surface area contributed by atoms with E-state index in [1.807, 2.05) is 41.5 Å². The van der Waals surface area contributed by atoms with Crippen LogP contribution in [0.4, 0.5) is 4.79 Å². The van der Waals surface area contributed by atoms with Gasteiger partial charge in [0.15, 0.2) is 5.78 Å². The van der Waals surface area contributed by atoms with Gasteiger partial charge in [-0.3, -0.25) is 4.79 Å². The number of alkyl carbamates (subject to hydrolysis) is 1. The molecule has 4 nitrogen and oxygen atoms in total. The van der Waals surface area contributed by atoms with E-state index in [1.54, 1.807) is 0 Å². The molecule has 1 amide bonds. The quantitative estimate of drug-likeness (QED) is 0.843. The predicted octanol–water partition coefficient (Wildman–Crippen LogP) is 3.05. The van der Waals surface area contributed by atoms with Crippen molar-refractivity contribution in [1.29, 1.82) is 0 Å². The minimum absolute atomic E-state index is 0.0533. The molecule has 1 aliphatic carbocycles. The largest absolute Gasteiger partial charge is 0.444 e. The van der Waals surface area contributed by atoms with Crippen molar-refractivity contribution in [2.75, 3.05) is 0 Å². The van der Waals surface area contributed by atoms with Crippen LogP contribution >= 0.6 is 0 Å². The van der Waals surface area contributed by atoms with Crippen LogP contribution in [0.2, 0.25) is 0 Å². The van der Waals surface area contributed by atoms with Crippen LogP contribution in [-0.4, -0.2) is 23.0 Å². The summed E-state index contributed by atoms with van der Waals surface area (Å²) < 4.78 is 5.19. The minimum atomic E-state index is -0.657. The summed E-state index contributed by atoms with van der Waals surface area (Å²) in [4.78, 5) is 23.9. The van der Waals surface area contributed by atoms with Crippen molar-refractivity contribution in [2.24, 2.45) is 5.41 Å². The molecule has 0 spiro atoms. The van der Waals surface area contributed by atoms with Gasteiger partial charge in [-0.1, -0.05) is 20.8 Å². The molecule has 1 aliphatic rings. The van der Waals surface area contributed by atoms with E-state index >= 15 is 0 Å². The monoisotopic (exact) mass is 255 g/mol. The lowest BCUT2D eigenvalue weighted by Gasteiger charge is -2.25. The fourth-order valence-electron chi connectivity index (χ4n) is 1.75. The molecule has 0 heterocycles. The highest BCUT2D eigenvalue weighted by Crippen LogP contribution is 2.39. The number of Topliss-reactive ketones (excluding diaryl/α,β-unsaturated/α-hetero) is 1. The minimum Gasteiger partial charge on any atom is -0.444 e. The third kappa shape index (κ3) is 4.67. The Balaban J connectivity index is 2.56. The molecule has 0 bridgehead atoms. The SMILES string of the molecule is CC(C)(C)CC(=O)C1(NC(=O)OC(C)(C)C)CC1. The van der Waals surface area contributed by atoms with Gasteiger partial charge in [0.25, 0.3) is 0 Å². The molecule has 0 saturated heterocycles. The number of hydrogen-bond donors (Lipinski definition) is 1. The molecule has 1 fully saturated rings. The van der Waals surface area contributed by atoms with Crippen molar-refractivity contribution in [3.8, 4) is 0 Å². The van der Waals surface area contributed by atoms with Crippen molar-refractivity contribution >= 4 is 11.9 Å². The zero-order valence-corrected chi connectivity index (χ0v) is 12.3. The second-order valence-corrected chi connectivity index (χ2v) is 7.37. The number of carbonyl (C=O) groups is 2. The fraction of sp³-hybridized carbons (Fsp3) is 0.857. The van der Waals surface area contributed by atoms with Crippen LogP contribution in [0, 0.1) is 5.41 Å². The lowest BCUT2D eigenvalue weighted by molar-refractivity contribution is -0.123. The summed E-state index contributed by atoms with van der Waals surface area (Å²) in [5, 5.41) is 2.74. The van der Waals surface area contributed by atoms with E-state index in [0.29, 0.717) is 6.42 Å². The van der Waals surface area contributed by atoms with E-state index < -0.39 is 17.2 Å². The third-order valence-electron chi connectivity index (χ3n) is 2.71. The van der Waals surface area contributed by atoms with Gasteiger partial charge in [-0.05, 0) is 39.0 Å². The number of ether oxygens (including phenoxy) is 1. The molecule has 0 aromatic heterocycles. The van der Waals surface area contributed by atoms with Gasteiger partial charge in [0.2, 0.25) is 0 Å². The Labute approximate surface area is 109 Å². The van der Waals surface area contributed by atoms with Crippen LogP contribution in [0.5, 0.6) is 0 Å². The lowest BCUT2D eigenvalue weighted by atomic mass is 9.87. The Kier molecular flexibility index (Phi) is 3.80. The first-order valence-corrected chi connectivity index (χ1v) is 6.48. The zero-order valence-electron chi connectivity index (χ0n) is 12.3. The summed E-state index contributed by atoms with van der Waals surface area (Å²) >= 11 is 0. The summed E-state index contributed by atoms with van der Waals surface area (Å²) in [5.74, 6) is 0.112. The normalized spacial score (nSPS) is 18.1. The van der Waals surface area contributed by atoms with E-state index in [1.165, 1.54) is 0 Å². The molecule has 0 unspecified atom stereocenters. The van der Waals surface area contributed by atoms with E-state index in [0.717, 1.165) is 12.8 Å². The highest BCUT2D eigenvalue weighted by Gasteiger charge is 2.51. The number of amides is 1. The molecule has 0 aromatic carbocycles. The van der Waals surface area contributed by atoms with Gasteiger partial charge < -0.3 is 10.1 Å². The molecule has 0 atom stereocenters. The van der Waals surface area contributed by atoms with Crippen LogP contribution in [-0.2, 0) is 9.53 Å². The molecule has 1 saturated carbocycles. The number of hydrogen-bond acceptors (Lipinski definition) is 3. The van der Waals surface area contributed by atoms with Gasteiger partial charge in [0.05, 0.1) is 0 Å². The van der Waals surface area contributed by atoms with Crippen LogP contribution in [0.3, 0.4) is 0 Å². The smallest absolute Gasteiger partial charge is 0.408 e. The topological polar surface area (TPSA) is 55.4 Å². The van der Waals surface area contributed by atoms with Crippen molar-refractivity contribution in [3.63, 3.8) is 0 Å². The molecule has 0 aliphatic heterocycles. The maximum absolute atomic E-state index is 12.2. The first-order chi connectivity index (χ1) is 7.94. The molecule has 4 heteroatoms. The maximum Gasteiger partial charge on any atom is 0.408 e. The molecule has 0 aromatic rings. The van der Waals surface area contributed by atoms with Gasteiger partial charge in [0, 0.05) is 6.42 Å². The van der Waals surface area contributed by atoms with Crippen molar-refractivity contribution in [1.82, 2.24) is 5.32 Å². The first-order valence-electron chi connectivity index (χ1n) is 6.48. The lowest BCUT2D eigenvalue weighted by Crippen LogP contribution is -2.46. The Morgan fingerprint density at radius 3 is 1.94 bits per heavy atom.